The van der Waals surface area contributed by atoms with Gasteiger partial charge in [-0.2, -0.15) is 18.4 Å². The molecule has 0 bridgehead atoms. The van der Waals surface area contributed by atoms with E-state index < -0.39 is 24.6 Å². The van der Waals surface area contributed by atoms with Crippen molar-refractivity contribution >= 4 is 5.95 Å². The first-order valence-electron chi connectivity index (χ1n) is 7.89. The molecule has 1 aromatic heterocycles. The molecule has 1 atom stereocenters. The molecule has 1 aromatic carbocycles. The molecule has 0 amide bonds. The SMILES string of the molecule is CC.N#Cc1cnc(NC(CNCC(F)(F)F)c2ccc(F)cc2)nc1. The fraction of sp³-hybridized carbons (Fsp3) is 0.353. The lowest BCUT2D eigenvalue weighted by Gasteiger charge is -2.20. The molecule has 1 heterocycles. The van der Waals surface area contributed by atoms with Gasteiger partial charge >= 0.3 is 6.18 Å². The van der Waals surface area contributed by atoms with Gasteiger partial charge in [-0.3, -0.25) is 0 Å². The van der Waals surface area contributed by atoms with E-state index in [1.807, 2.05) is 19.9 Å². The molecule has 0 aliphatic heterocycles. The zero-order valence-corrected chi connectivity index (χ0v) is 14.3. The number of nitriles is 1. The van der Waals surface area contributed by atoms with Crippen molar-refractivity contribution in [1.82, 2.24) is 15.3 Å². The van der Waals surface area contributed by atoms with Gasteiger partial charge in [0.15, 0.2) is 0 Å². The number of nitrogens with zero attached hydrogens (tertiary/aromatic N) is 3. The maximum atomic E-state index is 13.0. The minimum Gasteiger partial charge on any atom is -0.346 e. The average Bonchev–Trinajstić information content (AvgIpc) is 2.63. The van der Waals surface area contributed by atoms with Crippen LogP contribution in [0, 0.1) is 17.1 Å². The Labute approximate surface area is 149 Å². The first-order valence-corrected chi connectivity index (χ1v) is 7.89. The first kappa shape index (κ1) is 21.3. The molecular weight excluding hydrogens is 350 g/mol. The van der Waals surface area contributed by atoms with Crippen LogP contribution < -0.4 is 10.6 Å². The molecule has 0 saturated heterocycles. The van der Waals surface area contributed by atoms with Crippen molar-refractivity contribution in [2.75, 3.05) is 18.4 Å². The van der Waals surface area contributed by atoms with Gasteiger partial charge in [0, 0.05) is 6.54 Å². The van der Waals surface area contributed by atoms with E-state index in [0.29, 0.717) is 5.56 Å². The van der Waals surface area contributed by atoms with E-state index in [-0.39, 0.29) is 18.1 Å². The second-order valence-electron chi connectivity index (χ2n) is 4.90. The fourth-order valence-electron chi connectivity index (χ4n) is 1.92. The number of anilines is 1. The van der Waals surface area contributed by atoms with E-state index in [2.05, 4.69) is 20.6 Å². The highest BCUT2D eigenvalue weighted by atomic mass is 19.4. The van der Waals surface area contributed by atoms with E-state index in [1.54, 1.807) is 0 Å². The average molecular weight is 369 g/mol. The van der Waals surface area contributed by atoms with Gasteiger partial charge in [0.05, 0.1) is 30.5 Å². The highest BCUT2D eigenvalue weighted by molar-refractivity contribution is 5.34. The first-order chi connectivity index (χ1) is 12.4. The van der Waals surface area contributed by atoms with Crippen LogP contribution in [-0.4, -0.2) is 29.2 Å². The van der Waals surface area contributed by atoms with Gasteiger partial charge in [-0.05, 0) is 17.7 Å². The van der Waals surface area contributed by atoms with Gasteiger partial charge in [0.1, 0.15) is 11.9 Å². The maximum Gasteiger partial charge on any atom is 0.401 e. The van der Waals surface area contributed by atoms with Gasteiger partial charge < -0.3 is 10.6 Å². The third kappa shape index (κ3) is 7.44. The Morgan fingerprint density at radius 2 is 1.69 bits per heavy atom. The summed E-state index contributed by atoms with van der Waals surface area (Å²) in [5.74, 6) is -0.299. The minimum atomic E-state index is -4.34. The number of hydrogen-bond acceptors (Lipinski definition) is 5. The molecule has 140 valence electrons. The molecule has 0 saturated carbocycles. The van der Waals surface area contributed by atoms with Gasteiger partial charge in [-0.1, -0.05) is 26.0 Å². The molecule has 0 aliphatic carbocycles. The van der Waals surface area contributed by atoms with E-state index in [9.17, 15) is 17.6 Å². The van der Waals surface area contributed by atoms with Gasteiger partial charge in [0.25, 0.3) is 0 Å². The minimum absolute atomic E-state index is 0.0749. The second-order valence-corrected chi connectivity index (χ2v) is 4.90. The van der Waals surface area contributed by atoms with Crippen molar-refractivity contribution < 1.29 is 17.6 Å². The molecule has 9 heteroatoms. The third-order valence-corrected chi connectivity index (χ3v) is 3.03. The lowest BCUT2D eigenvalue weighted by Crippen LogP contribution is -2.34. The van der Waals surface area contributed by atoms with Crippen LogP contribution in [0.1, 0.15) is 31.0 Å². The summed E-state index contributed by atoms with van der Waals surface area (Å²) in [6.07, 6.45) is -1.75. The summed E-state index contributed by atoms with van der Waals surface area (Å²) in [6, 6.07) is 6.61. The number of halogens is 4. The summed E-state index contributed by atoms with van der Waals surface area (Å²) in [6.45, 7) is 2.77. The highest BCUT2D eigenvalue weighted by Crippen LogP contribution is 2.18. The molecule has 2 N–H and O–H groups in total. The Bertz CT molecular complexity index is 693. The van der Waals surface area contributed by atoms with Crippen LogP contribution in [0.4, 0.5) is 23.5 Å². The van der Waals surface area contributed by atoms with Crippen LogP contribution in [0.15, 0.2) is 36.7 Å². The largest absolute Gasteiger partial charge is 0.401 e. The number of rotatable bonds is 6. The Hall–Kier alpha value is -2.73. The molecule has 0 radical (unpaired) electrons. The van der Waals surface area contributed by atoms with E-state index in [4.69, 9.17) is 5.26 Å². The van der Waals surface area contributed by atoms with Crippen molar-refractivity contribution in [3.8, 4) is 6.07 Å². The van der Waals surface area contributed by atoms with E-state index in [1.165, 1.54) is 36.7 Å². The Balaban J connectivity index is 0.00000163. The summed E-state index contributed by atoms with van der Waals surface area (Å²) in [5, 5.41) is 13.9. The fourth-order valence-corrected chi connectivity index (χ4v) is 1.92. The van der Waals surface area contributed by atoms with Crippen LogP contribution in [-0.2, 0) is 0 Å². The summed E-state index contributed by atoms with van der Waals surface area (Å²) in [5.41, 5.74) is 0.827. The maximum absolute atomic E-state index is 13.0. The molecule has 5 nitrogen and oxygen atoms in total. The van der Waals surface area contributed by atoms with Crippen molar-refractivity contribution in [3.05, 3.63) is 53.6 Å². The lowest BCUT2D eigenvalue weighted by molar-refractivity contribution is -0.124. The van der Waals surface area contributed by atoms with Crippen LogP contribution in [0.2, 0.25) is 0 Å². The topological polar surface area (TPSA) is 73.6 Å². The van der Waals surface area contributed by atoms with Gasteiger partial charge in [0.2, 0.25) is 5.95 Å². The smallest absolute Gasteiger partial charge is 0.346 e. The third-order valence-electron chi connectivity index (χ3n) is 3.03. The number of nitrogens with one attached hydrogen (secondary N) is 2. The van der Waals surface area contributed by atoms with Crippen molar-refractivity contribution in [2.24, 2.45) is 0 Å². The number of benzene rings is 1. The predicted molar refractivity (Wildman–Crippen MR) is 89.8 cm³/mol. The summed E-state index contributed by atoms with van der Waals surface area (Å²) in [7, 11) is 0. The Morgan fingerprint density at radius 3 is 2.19 bits per heavy atom. The lowest BCUT2D eigenvalue weighted by atomic mass is 10.1. The molecule has 2 aromatic rings. The highest BCUT2D eigenvalue weighted by Gasteiger charge is 2.27. The summed E-state index contributed by atoms with van der Waals surface area (Å²) >= 11 is 0. The number of aromatic nitrogens is 2. The quantitative estimate of drug-likeness (QED) is 0.758. The Kier molecular flexibility index (Phi) is 8.45. The van der Waals surface area contributed by atoms with Crippen LogP contribution >= 0.6 is 0 Å². The van der Waals surface area contributed by atoms with Gasteiger partial charge in [-0.25, -0.2) is 14.4 Å². The Morgan fingerprint density at radius 1 is 1.12 bits per heavy atom. The van der Waals surface area contributed by atoms with Crippen LogP contribution in [0.5, 0.6) is 0 Å². The van der Waals surface area contributed by atoms with E-state index >= 15 is 0 Å². The molecule has 0 fully saturated rings. The van der Waals surface area contributed by atoms with Crippen molar-refractivity contribution in [3.63, 3.8) is 0 Å². The monoisotopic (exact) mass is 369 g/mol. The summed E-state index contributed by atoms with van der Waals surface area (Å²) in [4.78, 5) is 7.84. The zero-order chi connectivity index (χ0) is 19.6. The zero-order valence-electron chi connectivity index (χ0n) is 14.3. The predicted octanol–water partition coefficient (Wildman–Crippen LogP) is 3.82. The standard InChI is InChI=1S/C15H13F4N5.C2H6/c16-12-3-1-11(2-4-12)13(8-21-9-15(17,18)19)24-14-22-6-10(5-20)7-23-14;1-2/h1-4,6-7,13,21H,8-9H2,(H,22,23,24);1-2H3. The molecule has 26 heavy (non-hydrogen) atoms. The van der Waals surface area contributed by atoms with E-state index in [0.717, 1.165) is 0 Å². The second kappa shape index (κ2) is 10.3. The normalized spacial score (nSPS) is 11.7. The number of hydrogen-bond donors (Lipinski definition) is 2. The van der Waals surface area contributed by atoms with Crippen molar-refractivity contribution in [2.45, 2.75) is 26.1 Å². The molecule has 0 spiro atoms. The van der Waals surface area contributed by atoms with Crippen LogP contribution in [0.3, 0.4) is 0 Å². The molecular formula is C17H19F4N5. The molecule has 1 unspecified atom stereocenters. The van der Waals surface area contributed by atoms with Crippen molar-refractivity contribution in [1.29, 1.82) is 5.26 Å². The van der Waals surface area contributed by atoms with Crippen LogP contribution in [0.25, 0.3) is 0 Å². The molecule has 2 rings (SSSR count). The van der Waals surface area contributed by atoms with Gasteiger partial charge in [-0.15, -0.1) is 0 Å². The number of alkyl halides is 3. The molecule has 0 aliphatic rings. The summed E-state index contributed by atoms with van der Waals surface area (Å²) < 4.78 is 49.9.